The molecule has 1 unspecified atom stereocenters. The summed E-state index contributed by atoms with van der Waals surface area (Å²) in [7, 11) is 0. The van der Waals surface area contributed by atoms with E-state index in [0.717, 1.165) is 11.1 Å². The molecule has 1 amide bonds. The van der Waals surface area contributed by atoms with Crippen LogP contribution in [0.25, 0.3) is 11.1 Å². The molecule has 24 heavy (non-hydrogen) atoms. The summed E-state index contributed by atoms with van der Waals surface area (Å²) in [4.78, 5) is 15.7. The number of halogens is 1. The van der Waals surface area contributed by atoms with E-state index in [9.17, 15) is 9.18 Å². The zero-order valence-electron chi connectivity index (χ0n) is 13.3. The van der Waals surface area contributed by atoms with Gasteiger partial charge in [-0.1, -0.05) is 6.08 Å². The molecule has 3 rings (SSSR count). The molecule has 0 bridgehead atoms. The highest BCUT2D eigenvalue weighted by atomic mass is 19.1. The number of amides is 1. The molecule has 1 aliphatic heterocycles. The number of allylic oxidation sites excluding steroid dienone is 1. The summed E-state index contributed by atoms with van der Waals surface area (Å²) in [6.45, 7) is 3.96. The predicted octanol–water partition coefficient (Wildman–Crippen LogP) is 3.27. The van der Waals surface area contributed by atoms with Crippen molar-refractivity contribution in [2.75, 3.05) is 6.54 Å². The number of pyridine rings is 1. The molecule has 124 valence electrons. The second-order valence-corrected chi connectivity index (χ2v) is 5.71. The van der Waals surface area contributed by atoms with E-state index in [1.54, 1.807) is 24.5 Å². The molecule has 2 aromatic rings. The number of ether oxygens (including phenoxy) is 1. The number of hydrogen-bond acceptors (Lipinski definition) is 3. The second kappa shape index (κ2) is 7.25. The van der Waals surface area contributed by atoms with E-state index in [4.69, 9.17) is 4.74 Å². The molecule has 1 atom stereocenters. The number of hydrogen-bond donors (Lipinski definition) is 1. The quantitative estimate of drug-likeness (QED) is 0.829. The molecule has 0 saturated carbocycles. The zero-order chi connectivity index (χ0) is 16.9. The molecular weight excluding hydrogens is 307 g/mol. The van der Waals surface area contributed by atoms with Crippen molar-refractivity contribution in [1.29, 1.82) is 0 Å². The average Bonchev–Trinajstić information content (AvgIpc) is 3.04. The maximum absolute atomic E-state index is 14.1. The van der Waals surface area contributed by atoms with Crippen LogP contribution in [0.4, 0.5) is 4.39 Å². The van der Waals surface area contributed by atoms with E-state index in [2.05, 4.69) is 16.9 Å². The topological polar surface area (TPSA) is 51.2 Å². The maximum Gasteiger partial charge on any atom is 0.220 e. The molecule has 0 aliphatic carbocycles. The van der Waals surface area contributed by atoms with Gasteiger partial charge in [0.2, 0.25) is 5.91 Å². The van der Waals surface area contributed by atoms with E-state index in [0.29, 0.717) is 37.1 Å². The van der Waals surface area contributed by atoms with E-state index in [1.165, 1.54) is 6.07 Å². The number of nitrogens with one attached hydrogen (secondary N) is 1. The van der Waals surface area contributed by atoms with Crippen molar-refractivity contribution in [1.82, 2.24) is 10.3 Å². The van der Waals surface area contributed by atoms with Crippen LogP contribution in [0.5, 0.6) is 5.75 Å². The van der Waals surface area contributed by atoms with Gasteiger partial charge in [0.15, 0.2) is 0 Å². The van der Waals surface area contributed by atoms with Crippen molar-refractivity contribution in [3.63, 3.8) is 0 Å². The van der Waals surface area contributed by atoms with E-state index >= 15 is 0 Å². The average molecular weight is 326 g/mol. The third kappa shape index (κ3) is 3.45. The highest BCUT2D eigenvalue weighted by Gasteiger charge is 2.29. The van der Waals surface area contributed by atoms with Crippen molar-refractivity contribution in [2.24, 2.45) is 0 Å². The summed E-state index contributed by atoms with van der Waals surface area (Å²) in [5.41, 5.74) is 2.33. The lowest BCUT2D eigenvalue weighted by atomic mass is 10.0. The fourth-order valence-corrected chi connectivity index (χ4v) is 2.79. The van der Waals surface area contributed by atoms with Gasteiger partial charge in [-0.2, -0.15) is 0 Å². The minimum Gasteiger partial charge on any atom is -0.487 e. The van der Waals surface area contributed by atoms with E-state index < -0.39 is 0 Å². The summed E-state index contributed by atoms with van der Waals surface area (Å²) >= 11 is 0. The van der Waals surface area contributed by atoms with Crippen LogP contribution in [-0.2, 0) is 11.2 Å². The van der Waals surface area contributed by atoms with Gasteiger partial charge in [-0.15, -0.1) is 6.58 Å². The molecule has 1 aromatic carbocycles. The Morgan fingerprint density at radius 1 is 1.38 bits per heavy atom. The number of rotatable bonds is 6. The molecule has 0 saturated heterocycles. The van der Waals surface area contributed by atoms with E-state index in [1.807, 2.05) is 12.1 Å². The summed E-state index contributed by atoms with van der Waals surface area (Å²) < 4.78 is 20.1. The monoisotopic (exact) mass is 326 g/mol. The molecule has 5 heteroatoms. The van der Waals surface area contributed by atoms with Crippen LogP contribution in [-0.4, -0.2) is 23.5 Å². The fraction of sp³-hybridized carbons (Fsp3) is 0.263. The van der Waals surface area contributed by atoms with Gasteiger partial charge < -0.3 is 10.1 Å². The Kier molecular flexibility index (Phi) is 4.89. The first-order valence-corrected chi connectivity index (χ1v) is 7.95. The van der Waals surface area contributed by atoms with Crippen LogP contribution in [0.2, 0.25) is 0 Å². The first kappa shape index (κ1) is 16.2. The third-order valence-electron chi connectivity index (χ3n) is 4.01. The van der Waals surface area contributed by atoms with Crippen molar-refractivity contribution < 1.29 is 13.9 Å². The minimum atomic E-state index is -0.275. The lowest BCUT2D eigenvalue weighted by Gasteiger charge is -2.13. The molecule has 0 radical (unpaired) electrons. The first-order chi connectivity index (χ1) is 11.7. The van der Waals surface area contributed by atoms with Crippen LogP contribution in [0.3, 0.4) is 0 Å². The summed E-state index contributed by atoms with van der Waals surface area (Å²) in [5.74, 6) is 0.235. The maximum atomic E-state index is 14.1. The SMILES string of the molecule is C=CCCC(=O)NCC1Cc2c(F)ccc(-c3ccncc3)c2O1. The van der Waals surface area contributed by atoms with Crippen LogP contribution >= 0.6 is 0 Å². The number of carbonyl (C=O) groups excluding carboxylic acids is 1. The van der Waals surface area contributed by atoms with Gasteiger partial charge in [0.1, 0.15) is 17.7 Å². The smallest absolute Gasteiger partial charge is 0.220 e. The summed E-state index contributed by atoms with van der Waals surface area (Å²) in [6, 6.07) is 6.90. The molecule has 4 nitrogen and oxygen atoms in total. The first-order valence-electron chi connectivity index (χ1n) is 7.95. The van der Waals surface area contributed by atoms with Crippen LogP contribution in [0.15, 0.2) is 49.3 Å². The molecular formula is C19H19FN2O2. The van der Waals surface area contributed by atoms with Crippen LogP contribution in [0.1, 0.15) is 18.4 Å². The Morgan fingerprint density at radius 3 is 2.92 bits per heavy atom. The van der Waals surface area contributed by atoms with Crippen molar-refractivity contribution in [3.05, 3.63) is 60.7 Å². The van der Waals surface area contributed by atoms with Gasteiger partial charge >= 0.3 is 0 Å². The minimum absolute atomic E-state index is 0.0516. The van der Waals surface area contributed by atoms with Crippen molar-refractivity contribution >= 4 is 5.91 Å². The molecule has 0 spiro atoms. The highest BCUT2D eigenvalue weighted by Crippen LogP contribution is 2.39. The summed E-state index contributed by atoms with van der Waals surface area (Å²) in [6.07, 6.45) is 6.32. The van der Waals surface area contributed by atoms with Crippen LogP contribution in [0, 0.1) is 5.82 Å². The highest BCUT2D eigenvalue weighted by molar-refractivity contribution is 5.76. The molecule has 1 aromatic heterocycles. The normalized spacial score (nSPS) is 15.5. The van der Waals surface area contributed by atoms with E-state index in [-0.39, 0.29) is 17.8 Å². The van der Waals surface area contributed by atoms with Gasteiger partial charge in [-0.3, -0.25) is 9.78 Å². The standard InChI is InChI=1S/C19H19FN2O2/c1-2-3-4-18(23)22-12-14-11-16-17(20)6-5-15(19(16)24-14)13-7-9-21-10-8-13/h2,5-10,14H,1,3-4,11-12H2,(H,22,23). The van der Waals surface area contributed by atoms with Gasteiger partial charge in [0.05, 0.1) is 6.54 Å². The number of aromatic nitrogens is 1. The Balaban J connectivity index is 1.73. The number of nitrogens with zero attached hydrogens (tertiary/aromatic N) is 1. The van der Waals surface area contributed by atoms with Crippen molar-refractivity contribution in [2.45, 2.75) is 25.4 Å². The van der Waals surface area contributed by atoms with Gasteiger partial charge in [0.25, 0.3) is 0 Å². The Hall–Kier alpha value is -2.69. The van der Waals surface area contributed by atoms with Gasteiger partial charge in [-0.25, -0.2) is 4.39 Å². The lowest BCUT2D eigenvalue weighted by Crippen LogP contribution is -2.34. The Bertz CT molecular complexity index is 747. The number of fused-ring (bicyclic) bond motifs is 1. The number of carbonyl (C=O) groups is 1. The Labute approximate surface area is 140 Å². The third-order valence-corrected chi connectivity index (χ3v) is 4.01. The molecule has 2 heterocycles. The van der Waals surface area contributed by atoms with Gasteiger partial charge in [-0.05, 0) is 36.2 Å². The Morgan fingerprint density at radius 2 is 2.17 bits per heavy atom. The molecule has 0 fully saturated rings. The van der Waals surface area contributed by atoms with Crippen molar-refractivity contribution in [3.8, 4) is 16.9 Å². The predicted molar refractivity (Wildman–Crippen MR) is 90.2 cm³/mol. The molecule has 1 aliphatic rings. The van der Waals surface area contributed by atoms with Gasteiger partial charge in [0, 0.05) is 36.4 Å². The summed E-state index contributed by atoms with van der Waals surface area (Å²) in [5, 5.41) is 2.83. The number of benzene rings is 1. The molecule has 1 N–H and O–H groups in total. The lowest BCUT2D eigenvalue weighted by molar-refractivity contribution is -0.121. The largest absolute Gasteiger partial charge is 0.487 e. The van der Waals surface area contributed by atoms with Crippen LogP contribution < -0.4 is 10.1 Å². The zero-order valence-corrected chi connectivity index (χ0v) is 13.3. The second-order valence-electron chi connectivity index (χ2n) is 5.71. The fourth-order valence-electron chi connectivity index (χ4n) is 2.79.